The molecule has 3 nitrogen and oxygen atoms in total. The minimum Gasteiger partial charge on any atom is -0.267 e. The van der Waals surface area contributed by atoms with E-state index in [0.29, 0.717) is 5.56 Å². The second-order valence-electron chi connectivity index (χ2n) is 4.84. The minimum absolute atomic E-state index is 0.157. The lowest BCUT2D eigenvalue weighted by molar-refractivity contribution is 0.0955. The third-order valence-electron chi connectivity index (χ3n) is 3.37. The highest BCUT2D eigenvalue weighted by Gasteiger charge is 2.07. The smallest absolute Gasteiger partial charge is 0.267 e. The summed E-state index contributed by atoms with van der Waals surface area (Å²) in [6.07, 6.45) is 1.97. The van der Waals surface area contributed by atoms with Crippen LogP contribution in [0.3, 0.4) is 0 Å². The predicted molar refractivity (Wildman–Crippen MR) is 89.2 cm³/mol. The Balaban J connectivity index is 2.03. The summed E-state index contributed by atoms with van der Waals surface area (Å²) in [6, 6.07) is 10.2. The van der Waals surface area contributed by atoms with E-state index in [1.807, 2.05) is 30.5 Å². The number of hydrazone groups is 1. The summed E-state index contributed by atoms with van der Waals surface area (Å²) < 4.78 is 0. The fourth-order valence-corrected chi connectivity index (χ4v) is 2.75. The SMILES string of the molecule is CCc1ccc(C(C)=NNC(=O)c2csc(CC)c2)cc1. The van der Waals surface area contributed by atoms with Gasteiger partial charge in [-0.05, 0) is 37.0 Å². The molecule has 1 amide bonds. The van der Waals surface area contributed by atoms with Crippen LogP contribution in [-0.4, -0.2) is 11.6 Å². The van der Waals surface area contributed by atoms with Gasteiger partial charge in [-0.15, -0.1) is 11.3 Å². The van der Waals surface area contributed by atoms with Gasteiger partial charge in [0, 0.05) is 10.3 Å². The van der Waals surface area contributed by atoms with Crippen molar-refractivity contribution in [3.05, 3.63) is 57.3 Å². The van der Waals surface area contributed by atoms with Crippen LogP contribution < -0.4 is 5.43 Å². The van der Waals surface area contributed by atoms with E-state index < -0.39 is 0 Å². The second kappa shape index (κ2) is 7.18. The van der Waals surface area contributed by atoms with Crippen LogP contribution in [0.15, 0.2) is 40.8 Å². The fourth-order valence-electron chi connectivity index (χ4n) is 1.93. The molecule has 0 unspecified atom stereocenters. The van der Waals surface area contributed by atoms with E-state index in [-0.39, 0.29) is 5.91 Å². The molecular formula is C17H20N2OS. The number of carbonyl (C=O) groups excluding carboxylic acids is 1. The van der Waals surface area contributed by atoms with E-state index >= 15 is 0 Å². The van der Waals surface area contributed by atoms with Crippen LogP contribution in [0.5, 0.6) is 0 Å². The molecule has 2 rings (SSSR count). The summed E-state index contributed by atoms with van der Waals surface area (Å²) in [7, 11) is 0. The first kappa shape index (κ1) is 15.4. The first-order chi connectivity index (χ1) is 10.1. The number of hydrogen-bond donors (Lipinski definition) is 1. The Kier molecular flexibility index (Phi) is 5.28. The van der Waals surface area contributed by atoms with Crippen LogP contribution in [0.25, 0.3) is 0 Å². The summed E-state index contributed by atoms with van der Waals surface area (Å²) in [5.41, 5.74) is 6.41. The first-order valence-electron chi connectivity index (χ1n) is 7.15. The lowest BCUT2D eigenvalue weighted by Crippen LogP contribution is -2.18. The number of nitrogens with zero attached hydrogens (tertiary/aromatic N) is 1. The Hall–Kier alpha value is -1.94. The molecule has 0 bridgehead atoms. The molecule has 0 aliphatic carbocycles. The van der Waals surface area contributed by atoms with Crippen molar-refractivity contribution in [3.8, 4) is 0 Å². The molecule has 0 radical (unpaired) electrons. The zero-order chi connectivity index (χ0) is 15.2. The van der Waals surface area contributed by atoms with Crippen LogP contribution in [0.2, 0.25) is 0 Å². The predicted octanol–water partition coefficient (Wildman–Crippen LogP) is 4.03. The number of rotatable bonds is 5. The van der Waals surface area contributed by atoms with Crippen molar-refractivity contribution in [3.63, 3.8) is 0 Å². The average molecular weight is 300 g/mol. The summed E-state index contributed by atoms with van der Waals surface area (Å²) in [5, 5.41) is 6.05. The van der Waals surface area contributed by atoms with Gasteiger partial charge < -0.3 is 0 Å². The Morgan fingerprint density at radius 1 is 1.14 bits per heavy atom. The van der Waals surface area contributed by atoms with Crippen molar-refractivity contribution in [1.82, 2.24) is 5.43 Å². The normalized spacial score (nSPS) is 11.5. The highest BCUT2D eigenvalue weighted by atomic mass is 32.1. The molecular weight excluding hydrogens is 280 g/mol. The van der Waals surface area contributed by atoms with E-state index in [2.05, 4.69) is 36.5 Å². The highest BCUT2D eigenvalue weighted by molar-refractivity contribution is 7.10. The molecule has 0 aliphatic rings. The number of benzene rings is 1. The molecule has 0 saturated carbocycles. The van der Waals surface area contributed by atoms with Crippen LogP contribution in [0.4, 0.5) is 0 Å². The molecule has 21 heavy (non-hydrogen) atoms. The third-order valence-corrected chi connectivity index (χ3v) is 4.45. The molecule has 0 atom stereocenters. The van der Waals surface area contributed by atoms with Crippen molar-refractivity contribution >= 4 is 23.0 Å². The highest BCUT2D eigenvalue weighted by Crippen LogP contribution is 2.15. The van der Waals surface area contributed by atoms with Gasteiger partial charge >= 0.3 is 0 Å². The number of nitrogens with one attached hydrogen (secondary N) is 1. The van der Waals surface area contributed by atoms with Gasteiger partial charge in [0.05, 0.1) is 11.3 Å². The summed E-state index contributed by atoms with van der Waals surface area (Å²) in [4.78, 5) is 13.2. The van der Waals surface area contributed by atoms with E-state index in [0.717, 1.165) is 24.1 Å². The zero-order valence-electron chi connectivity index (χ0n) is 12.6. The van der Waals surface area contributed by atoms with Gasteiger partial charge in [-0.1, -0.05) is 38.1 Å². The number of carbonyl (C=O) groups is 1. The molecule has 0 saturated heterocycles. The third kappa shape index (κ3) is 4.02. The Morgan fingerprint density at radius 3 is 2.43 bits per heavy atom. The van der Waals surface area contributed by atoms with E-state index in [9.17, 15) is 4.79 Å². The van der Waals surface area contributed by atoms with Crippen LogP contribution in [-0.2, 0) is 12.8 Å². The molecule has 110 valence electrons. The number of amides is 1. The summed E-state index contributed by atoms with van der Waals surface area (Å²) in [5.74, 6) is -0.157. The lowest BCUT2D eigenvalue weighted by atomic mass is 10.1. The maximum absolute atomic E-state index is 12.0. The molecule has 1 heterocycles. The topological polar surface area (TPSA) is 41.5 Å². The molecule has 2 aromatic rings. The largest absolute Gasteiger partial charge is 0.272 e. The van der Waals surface area contributed by atoms with E-state index in [1.54, 1.807) is 11.3 Å². The second-order valence-corrected chi connectivity index (χ2v) is 5.84. The number of hydrogen-bond acceptors (Lipinski definition) is 3. The maximum atomic E-state index is 12.0. The lowest BCUT2D eigenvalue weighted by Gasteiger charge is -2.03. The molecule has 1 aromatic heterocycles. The van der Waals surface area contributed by atoms with Gasteiger partial charge in [0.2, 0.25) is 0 Å². The maximum Gasteiger partial charge on any atom is 0.272 e. The van der Waals surface area contributed by atoms with Gasteiger partial charge in [-0.2, -0.15) is 5.10 Å². The monoisotopic (exact) mass is 300 g/mol. The molecule has 1 aromatic carbocycles. The molecule has 1 N–H and O–H groups in total. The number of aryl methyl sites for hydroxylation is 2. The summed E-state index contributed by atoms with van der Waals surface area (Å²) in [6.45, 7) is 6.10. The van der Waals surface area contributed by atoms with Crippen molar-refractivity contribution in [1.29, 1.82) is 0 Å². The van der Waals surface area contributed by atoms with Crippen LogP contribution in [0, 0.1) is 0 Å². The Labute approximate surface area is 129 Å². The Morgan fingerprint density at radius 2 is 1.86 bits per heavy atom. The first-order valence-corrected chi connectivity index (χ1v) is 8.03. The minimum atomic E-state index is -0.157. The molecule has 0 fully saturated rings. The average Bonchev–Trinajstić information content (AvgIpc) is 3.01. The van der Waals surface area contributed by atoms with Gasteiger partial charge in [-0.25, -0.2) is 5.43 Å². The van der Waals surface area contributed by atoms with Crippen molar-refractivity contribution in [2.75, 3.05) is 0 Å². The van der Waals surface area contributed by atoms with Gasteiger partial charge in [-0.3, -0.25) is 4.79 Å². The van der Waals surface area contributed by atoms with Crippen molar-refractivity contribution < 1.29 is 4.79 Å². The van der Waals surface area contributed by atoms with Crippen molar-refractivity contribution in [2.45, 2.75) is 33.6 Å². The van der Waals surface area contributed by atoms with Crippen LogP contribution >= 0.6 is 11.3 Å². The zero-order valence-corrected chi connectivity index (χ0v) is 13.5. The van der Waals surface area contributed by atoms with Gasteiger partial charge in [0.25, 0.3) is 5.91 Å². The fraction of sp³-hybridized carbons (Fsp3) is 0.294. The molecule has 0 spiro atoms. The van der Waals surface area contributed by atoms with E-state index in [1.165, 1.54) is 10.4 Å². The Bertz CT molecular complexity index is 641. The standard InChI is InChI=1S/C17H20N2OS/c1-4-13-6-8-14(9-7-13)12(3)18-19-17(20)15-10-16(5-2)21-11-15/h6-11H,4-5H2,1-3H3,(H,19,20). The van der Waals surface area contributed by atoms with Gasteiger partial charge in [0.15, 0.2) is 0 Å². The molecule has 0 aliphatic heterocycles. The molecule has 4 heteroatoms. The van der Waals surface area contributed by atoms with E-state index in [4.69, 9.17) is 0 Å². The summed E-state index contributed by atoms with van der Waals surface area (Å²) >= 11 is 1.60. The van der Waals surface area contributed by atoms with Crippen LogP contribution in [0.1, 0.15) is 47.1 Å². The number of thiophene rings is 1. The van der Waals surface area contributed by atoms with Crippen molar-refractivity contribution in [2.24, 2.45) is 5.10 Å². The quantitative estimate of drug-likeness (QED) is 0.657. The van der Waals surface area contributed by atoms with Gasteiger partial charge in [0.1, 0.15) is 0 Å².